The molecular formula is C15H21NO3S. The maximum absolute atomic E-state index is 11.9. The van der Waals surface area contributed by atoms with Gasteiger partial charge in [-0.1, -0.05) is 12.1 Å². The Balaban J connectivity index is 2.02. The highest BCUT2D eigenvalue weighted by Crippen LogP contribution is 2.18. The summed E-state index contributed by atoms with van der Waals surface area (Å²) < 4.78 is 26.7. The minimum absolute atomic E-state index is 0.130. The van der Waals surface area contributed by atoms with Crippen LogP contribution in [0.25, 0.3) is 0 Å². The summed E-state index contributed by atoms with van der Waals surface area (Å²) in [7, 11) is -1.24. The maximum Gasteiger partial charge on any atom is 0.144 e. The Morgan fingerprint density at radius 1 is 1.45 bits per heavy atom. The van der Waals surface area contributed by atoms with Crippen molar-refractivity contribution in [3.63, 3.8) is 0 Å². The zero-order chi connectivity index (χ0) is 14.6. The fourth-order valence-electron chi connectivity index (χ4n) is 1.73. The Kier molecular flexibility index (Phi) is 4.94. The molecule has 0 aliphatic carbocycles. The molecule has 1 heterocycles. The molecule has 0 bridgehead atoms. The predicted molar refractivity (Wildman–Crippen MR) is 81.8 cm³/mol. The van der Waals surface area contributed by atoms with Crippen molar-refractivity contribution in [2.75, 3.05) is 13.2 Å². The van der Waals surface area contributed by atoms with Crippen LogP contribution in [0.4, 0.5) is 0 Å². The summed E-state index contributed by atoms with van der Waals surface area (Å²) in [5.74, 6) is 0.797. The number of ether oxygens (including phenoxy) is 2. The Hall–Kier alpha value is -1.20. The normalized spacial score (nSPS) is 21.2. The molecule has 2 rings (SSSR count). The fourth-order valence-corrected chi connectivity index (χ4v) is 2.27. The highest BCUT2D eigenvalue weighted by Gasteiger charge is 2.18. The molecule has 0 N–H and O–H groups in total. The first-order chi connectivity index (χ1) is 9.45. The molecule has 5 heteroatoms. The van der Waals surface area contributed by atoms with Crippen LogP contribution >= 0.6 is 0 Å². The van der Waals surface area contributed by atoms with E-state index in [1.165, 1.54) is 0 Å². The van der Waals surface area contributed by atoms with Crippen molar-refractivity contribution < 1.29 is 13.7 Å². The highest BCUT2D eigenvalue weighted by molar-refractivity contribution is 7.85. The molecular weight excluding hydrogens is 274 g/mol. The van der Waals surface area contributed by atoms with E-state index in [0.717, 1.165) is 24.3 Å². The van der Waals surface area contributed by atoms with Crippen LogP contribution in [0.5, 0.6) is 5.75 Å². The molecule has 1 unspecified atom stereocenters. The third-order valence-electron chi connectivity index (χ3n) is 2.87. The van der Waals surface area contributed by atoms with E-state index in [1.807, 2.05) is 45.0 Å². The average molecular weight is 295 g/mol. The van der Waals surface area contributed by atoms with E-state index in [4.69, 9.17) is 9.47 Å². The van der Waals surface area contributed by atoms with Gasteiger partial charge in [-0.25, -0.2) is 4.21 Å². The summed E-state index contributed by atoms with van der Waals surface area (Å²) in [4.78, 5) is 0. The summed E-state index contributed by atoms with van der Waals surface area (Å²) in [6.45, 7) is 7.11. The Morgan fingerprint density at radius 2 is 2.25 bits per heavy atom. The lowest BCUT2D eigenvalue weighted by Crippen LogP contribution is -2.19. The molecule has 1 aliphatic heterocycles. The van der Waals surface area contributed by atoms with E-state index in [2.05, 4.69) is 4.40 Å². The zero-order valence-electron chi connectivity index (χ0n) is 12.2. The van der Waals surface area contributed by atoms with E-state index in [0.29, 0.717) is 6.61 Å². The van der Waals surface area contributed by atoms with E-state index < -0.39 is 11.0 Å². The van der Waals surface area contributed by atoms with Crippen LogP contribution in [0.1, 0.15) is 32.8 Å². The summed E-state index contributed by atoms with van der Waals surface area (Å²) in [6, 6.07) is 7.64. The number of hydrogen-bond acceptors (Lipinski definition) is 3. The molecule has 20 heavy (non-hydrogen) atoms. The van der Waals surface area contributed by atoms with Crippen LogP contribution in [-0.2, 0) is 15.7 Å². The molecule has 1 saturated heterocycles. The monoisotopic (exact) mass is 295 g/mol. The number of benzene rings is 1. The average Bonchev–Trinajstić information content (AvgIpc) is 2.88. The molecule has 4 nitrogen and oxygen atoms in total. The van der Waals surface area contributed by atoms with E-state index >= 15 is 0 Å². The van der Waals surface area contributed by atoms with Crippen molar-refractivity contribution in [3.8, 4) is 5.75 Å². The van der Waals surface area contributed by atoms with Crippen LogP contribution in [0.2, 0.25) is 0 Å². The van der Waals surface area contributed by atoms with Gasteiger partial charge in [0.1, 0.15) is 22.8 Å². The topological polar surface area (TPSA) is 47.9 Å². The molecule has 1 aromatic rings. The Bertz CT molecular complexity index is 502. The minimum Gasteiger partial charge on any atom is -0.488 e. The number of hydrogen-bond donors (Lipinski definition) is 0. The lowest BCUT2D eigenvalue weighted by Gasteiger charge is -2.13. The van der Waals surface area contributed by atoms with Crippen molar-refractivity contribution in [3.05, 3.63) is 29.8 Å². The molecule has 0 aromatic heterocycles. The third kappa shape index (κ3) is 4.42. The Labute approximate surface area is 122 Å². The van der Waals surface area contributed by atoms with Crippen LogP contribution in [0, 0.1) is 0 Å². The first kappa shape index (κ1) is 15.2. The Morgan fingerprint density at radius 3 is 2.90 bits per heavy atom. The van der Waals surface area contributed by atoms with Crippen LogP contribution < -0.4 is 4.74 Å². The largest absolute Gasteiger partial charge is 0.488 e. The molecule has 1 aromatic carbocycles. The van der Waals surface area contributed by atoms with Gasteiger partial charge in [0.15, 0.2) is 0 Å². The van der Waals surface area contributed by atoms with Gasteiger partial charge in [0.25, 0.3) is 0 Å². The third-order valence-corrected chi connectivity index (χ3v) is 4.21. The summed E-state index contributed by atoms with van der Waals surface area (Å²) in [5.41, 5.74) is 0.888. The van der Waals surface area contributed by atoms with Crippen molar-refractivity contribution >= 4 is 17.2 Å². The molecule has 0 saturated carbocycles. The van der Waals surface area contributed by atoms with Gasteiger partial charge in [-0.2, -0.15) is 4.40 Å². The quantitative estimate of drug-likeness (QED) is 0.802. The lowest BCUT2D eigenvalue weighted by molar-refractivity contribution is 0.141. The molecule has 0 amide bonds. The second-order valence-corrected chi connectivity index (χ2v) is 7.71. The molecule has 0 radical (unpaired) electrons. The van der Waals surface area contributed by atoms with Gasteiger partial charge in [0, 0.05) is 12.6 Å². The van der Waals surface area contributed by atoms with Crippen molar-refractivity contribution in [2.24, 2.45) is 4.40 Å². The van der Waals surface area contributed by atoms with E-state index in [-0.39, 0.29) is 10.9 Å². The van der Waals surface area contributed by atoms with Crippen LogP contribution in [0.3, 0.4) is 0 Å². The van der Waals surface area contributed by atoms with Crippen molar-refractivity contribution in [2.45, 2.75) is 38.0 Å². The smallest absolute Gasteiger partial charge is 0.144 e. The fraction of sp³-hybridized carbons (Fsp3) is 0.533. The van der Waals surface area contributed by atoms with Crippen LogP contribution in [-0.4, -0.2) is 34.5 Å². The van der Waals surface area contributed by atoms with Gasteiger partial charge < -0.3 is 9.47 Å². The minimum atomic E-state index is -1.24. The van der Waals surface area contributed by atoms with E-state index in [9.17, 15) is 4.21 Å². The molecule has 1 aliphatic rings. The molecule has 110 valence electrons. The first-order valence-electron chi connectivity index (χ1n) is 6.76. The van der Waals surface area contributed by atoms with Gasteiger partial charge >= 0.3 is 0 Å². The van der Waals surface area contributed by atoms with Crippen molar-refractivity contribution in [1.82, 2.24) is 0 Å². The van der Waals surface area contributed by atoms with Crippen LogP contribution in [0.15, 0.2) is 28.7 Å². The number of rotatable bonds is 4. The second-order valence-electron chi connectivity index (χ2n) is 5.77. The standard InChI is InChI=1S/C15H21NO3S/c1-15(2,3)20(17)16-10-12-5-4-6-13(9-12)19-14-7-8-18-11-14/h4-6,9-10,14H,7-8,11H2,1-3H3/b16-10+/t14?,20-/m1/s1. The van der Waals surface area contributed by atoms with Gasteiger partial charge in [0.2, 0.25) is 0 Å². The highest BCUT2D eigenvalue weighted by atomic mass is 32.2. The summed E-state index contributed by atoms with van der Waals surface area (Å²) in [5, 5.41) is 0. The zero-order valence-corrected chi connectivity index (χ0v) is 13.0. The molecule has 0 spiro atoms. The molecule has 2 atom stereocenters. The predicted octanol–water partition coefficient (Wildman–Crippen LogP) is 2.74. The first-order valence-corrected chi connectivity index (χ1v) is 7.86. The van der Waals surface area contributed by atoms with Gasteiger partial charge in [-0.3, -0.25) is 0 Å². The van der Waals surface area contributed by atoms with Gasteiger partial charge in [-0.15, -0.1) is 0 Å². The SMILES string of the molecule is CC(C)(C)[S@@](=O)/N=C/c1cccc(OC2CCOC2)c1. The molecule has 1 fully saturated rings. The second kappa shape index (κ2) is 6.50. The van der Waals surface area contributed by atoms with Gasteiger partial charge in [-0.05, 0) is 38.5 Å². The summed E-state index contributed by atoms with van der Waals surface area (Å²) >= 11 is 0. The maximum atomic E-state index is 11.9. The van der Waals surface area contributed by atoms with Gasteiger partial charge in [0.05, 0.1) is 18.0 Å². The number of nitrogens with zero attached hydrogens (tertiary/aromatic N) is 1. The summed E-state index contributed by atoms with van der Waals surface area (Å²) in [6.07, 6.45) is 2.69. The van der Waals surface area contributed by atoms with Crippen molar-refractivity contribution in [1.29, 1.82) is 0 Å². The lowest BCUT2D eigenvalue weighted by atomic mass is 10.2. The van der Waals surface area contributed by atoms with E-state index in [1.54, 1.807) is 6.21 Å².